The van der Waals surface area contributed by atoms with E-state index in [1.807, 2.05) is 58.0 Å². The molecule has 1 aliphatic heterocycles. The number of nitrogens with one attached hydrogen (secondary N) is 1. The molecule has 0 radical (unpaired) electrons. The molecule has 3 rings (SSSR count). The number of nitrogens with zero attached hydrogens (tertiary/aromatic N) is 2. The fourth-order valence-electron chi connectivity index (χ4n) is 3.50. The molecule has 32 heavy (non-hydrogen) atoms. The number of benzene rings is 2. The zero-order valence-corrected chi connectivity index (χ0v) is 20.9. The van der Waals surface area contributed by atoms with Crippen LogP contribution in [0.2, 0.25) is 0 Å². The van der Waals surface area contributed by atoms with Crippen molar-refractivity contribution in [3.05, 3.63) is 50.6 Å². The lowest BCUT2D eigenvalue weighted by atomic mass is 10.1. The highest BCUT2D eigenvalue weighted by Crippen LogP contribution is 2.34. The zero-order chi connectivity index (χ0) is 23.3. The molecular formula is C24H28IN3O4. The average molecular weight is 549 g/mol. The molecule has 2 aromatic carbocycles. The Balaban J connectivity index is 1.65. The summed E-state index contributed by atoms with van der Waals surface area (Å²) in [6.45, 7) is 9.27. The number of anilines is 1. The maximum Gasteiger partial charge on any atom is 0.245 e. The topological polar surface area (TPSA) is 80.2 Å². The van der Waals surface area contributed by atoms with Crippen LogP contribution in [0.25, 0.3) is 0 Å². The second-order valence-electron chi connectivity index (χ2n) is 7.60. The molecule has 1 N–H and O–H groups in total. The summed E-state index contributed by atoms with van der Waals surface area (Å²) in [6.07, 6.45) is 1.74. The van der Waals surface area contributed by atoms with Gasteiger partial charge in [-0.1, -0.05) is 6.07 Å². The van der Waals surface area contributed by atoms with E-state index in [1.165, 1.54) is 5.56 Å². The monoisotopic (exact) mass is 549 g/mol. The molecule has 1 fully saturated rings. The third-order valence-electron chi connectivity index (χ3n) is 5.31. The Morgan fingerprint density at radius 2 is 1.94 bits per heavy atom. The quantitative estimate of drug-likeness (QED) is 0.304. The van der Waals surface area contributed by atoms with Crippen LogP contribution in [0.4, 0.5) is 5.69 Å². The van der Waals surface area contributed by atoms with Gasteiger partial charge < -0.3 is 14.4 Å². The molecule has 8 heteroatoms. The van der Waals surface area contributed by atoms with Gasteiger partial charge >= 0.3 is 0 Å². The van der Waals surface area contributed by atoms with E-state index in [-0.39, 0.29) is 18.2 Å². The predicted octanol–water partition coefficient (Wildman–Crippen LogP) is 4.21. The average Bonchev–Trinajstić information content (AvgIpc) is 3.14. The second kappa shape index (κ2) is 10.8. The second-order valence-corrected chi connectivity index (χ2v) is 8.77. The van der Waals surface area contributed by atoms with Gasteiger partial charge in [-0.2, -0.15) is 5.10 Å². The highest BCUT2D eigenvalue weighted by Gasteiger charge is 2.35. The molecule has 7 nitrogen and oxygen atoms in total. The van der Waals surface area contributed by atoms with Crippen LogP contribution in [0.3, 0.4) is 0 Å². The fourth-order valence-corrected chi connectivity index (χ4v) is 4.28. The van der Waals surface area contributed by atoms with Crippen molar-refractivity contribution in [1.29, 1.82) is 0 Å². The molecule has 0 spiro atoms. The van der Waals surface area contributed by atoms with E-state index in [4.69, 9.17) is 9.47 Å². The summed E-state index contributed by atoms with van der Waals surface area (Å²) in [5.41, 5.74) is 6.46. The number of rotatable bonds is 8. The molecule has 2 aromatic rings. The van der Waals surface area contributed by atoms with Gasteiger partial charge in [-0.3, -0.25) is 9.59 Å². The van der Waals surface area contributed by atoms with Gasteiger partial charge in [0.05, 0.1) is 28.9 Å². The van der Waals surface area contributed by atoms with Crippen molar-refractivity contribution in [2.24, 2.45) is 11.0 Å². The van der Waals surface area contributed by atoms with Crippen molar-refractivity contribution in [3.63, 3.8) is 0 Å². The Kier molecular flexibility index (Phi) is 8.11. The van der Waals surface area contributed by atoms with Crippen LogP contribution in [0.1, 0.15) is 37.0 Å². The minimum Gasteiger partial charge on any atom is -0.490 e. The molecule has 170 valence electrons. The number of halogens is 1. The van der Waals surface area contributed by atoms with Crippen molar-refractivity contribution in [2.45, 2.75) is 34.1 Å². The normalized spacial score (nSPS) is 16.0. The Labute approximate surface area is 202 Å². The van der Waals surface area contributed by atoms with Gasteiger partial charge in [-0.15, -0.1) is 0 Å². The molecule has 0 bridgehead atoms. The number of carbonyl (C=O) groups is 2. The van der Waals surface area contributed by atoms with Gasteiger partial charge in [0.1, 0.15) is 0 Å². The van der Waals surface area contributed by atoms with Crippen molar-refractivity contribution in [2.75, 3.05) is 24.7 Å². The molecule has 0 saturated carbocycles. The zero-order valence-electron chi connectivity index (χ0n) is 18.8. The summed E-state index contributed by atoms with van der Waals surface area (Å²) in [7, 11) is 0. The lowest BCUT2D eigenvalue weighted by molar-refractivity contribution is -0.126. The van der Waals surface area contributed by atoms with Gasteiger partial charge in [0, 0.05) is 18.7 Å². The number of hydrogen-bond donors (Lipinski definition) is 1. The third kappa shape index (κ3) is 5.59. The fraction of sp³-hybridized carbons (Fsp3) is 0.375. The van der Waals surface area contributed by atoms with E-state index in [0.717, 1.165) is 20.4 Å². The number of amides is 2. The summed E-state index contributed by atoms with van der Waals surface area (Å²) in [6, 6.07) is 9.62. The van der Waals surface area contributed by atoms with Crippen LogP contribution >= 0.6 is 22.6 Å². The molecule has 1 saturated heterocycles. The van der Waals surface area contributed by atoms with Gasteiger partial charge in [-0.05, 0) is 91.2 Å². The first-order valence-corrected chi connectivity index (χ1v) is 11.7. The van der Waals surface area contributed by atoms with Crippen molar-refractivity contribution >= 4 is 46.3 Å². The number of hydrogen-bond acceptors (Lipinski definition) is 5. The lowest BCUT2D eigenvalue weighted by Crippen LogP contribution is -2.30. The number of aryl methyl sites for hydroxylation is 2. The van der Waals surface area contributed by atoms with Crippen LogP contribution in [-0.4, -0.2) is 37.8 Å². The molecule has 1 aliphatic rings. The number of hydrazone groups is 1. The first-order valence-electron chi connectivity index (χ1n) is 10.6. The Hall–Kier alpha value is -2.62. The molecule has 1 heterocycles. The minimum atomic E-state index is -0.444. The molecule has 0 aliphatic carbocycles. The standard InChI is InChI=1S/C24H28IN3O4/c1-5-31-21-11-17(10-20(25)23(21)32-6-2)13-26-27-24(30)18-12-22(29)28(14-18)19-8-7-15(3)16(4)9-19/h7-11,13,18H,5-6,12,14H2,1-4H3,(H,27,30)/b26-13-/t18-/m1/s1. The molecular weight excluding hydrogens is 521 g/mol. The highest BCUT2D eigenvalue weighted by atomic mass is 127. The third-order valence-corrected chi connectivity index (χ3v) is 6.11. The predicted molar refractivity (Wildman–Crippen MR) is 134 cm³/mol. The first kappa shape index (κ1) is 24.0. The summed E-state index contributed by atoms with van der Waals surface area (Å²) < 4.78 is 12.2. The molecule has 1 atom stereocenters. The van der Waals surface area contributed by atoms with Crippen LogP contribution in [0, 0.1) is 23.3 Å². The van der Waals surface area contributed by atoms with Gasteiger partial charge in [0.15, 0.2) is 11.5 Å². The SMILES string of the molecule is CCOc1cc(/C=N\NC(=O)[C@@H]2CC(=O)N(c3ccc(C)c(C)c3)C2)cc(I)c1OCC. The van der Waals surface area contributed by atoms with Gasteiger partial charge in [0.2, 0.25) is 11.8 Å². The van der Waals surface area contributed by atoms with Crippen LogP contribution in [0.5, 0.6) is 11.5 Å². The van der Waals surface area contributed by atoms with Crippen molar-refractivity contribution in [3.8, 4) is 11.5 Å². The maximum absolute atomic E-state index is 12.6. The van der Waals surface area contributed by atoms with E-state index in [1.54, 1.807) is 11.1 Å². The molecule has 0 aromatic heterocycles. The first-order chi connectivity index (χ1) is 15.3. The summed E-state index contributed by atoms with van der Waals surface area (Å²) in [4.78, 5) is 26.8. The van der Waals surface area contributed by atoms with E-state index < -0.39 is 5.92 Å². The molecule has 0 unspecified atom stereocenters. The van der Waals surface area contributed by atoms with Gasteiger partial charge in [-0.25, -0.2) is 5.43 Å². The largest absolute Gasteiger partial charge is 0.490 e. The lowest BCUT2D eigenvalue weighted by Gasteiger charge is -2.17. The Bertz CT molecular complexity index is 1040. The minimum absolute atomic E-state index is 0.0557. The van der Waals surface area contributed by atoms with Crippen LogP contribution in [-0.2, 0) is 9.59 Å². The van der Waals surface area contributed by atoms with E-state index in [2.05, 4.69) is 33.1 Å². The van der Waals surface area contributed by atoms with Gasteiger partial charge in [0.25, 0.3) is 0 Å². The maximum atomic E-state index is 12.6. The summed E-state index contributed by atoms with van der Waals surface area (Å²) in [5.74, 6) is 0.568. The van der Waals surface area contributed by atoms with Crippen LogP contribution in [0.15, 0.2) is 35.4 Å². The van der Waals surface area contributed by atoms with E-state index in [0.29, 0.717) is 31.3 Å². The van der Waals surface area contributed by atoms with E-state index >= 15 is 0 Å². The van der Waals surface area contributed by atoms with Crippen molar-refractivity contribution in [1.82, 2.24) is 5.43 Å². The summed E-state index contributed by atoms with van der Waals surface area (Å²) >= 11 is 2.19. The highest BCUT2D eigenvalue weighted by molar-refractivity contribution is 14.1. The summed E-state index contributed by atoms with van der Waals surface area (Å²) in [5, 5.41) is 4.10. The van der Waals surface area contributed by atoms with Crippen molar-refractivity contribution < 1.29 is 19.1 Å². The Morgan fingerprint density at radius 3 is 2.62 bits per heavy atom. The smallest absolute Gasteiger partial charge is 0.245 e. The van der Waals surface area contributed by atoms with Crippen LogP contribution < -0.4 is 19.8 Å². The number of ether oxygens (including phenoxy) is 2. The van der Waals surface area contributed by atoms with E-state index in [9.17, 15) is 9.59 Å². The molecule has 2 amide bonds. The number of carbonyl (C=O) groups excluding carboxylic acids is 2. The Morgan fingerprint density at radius 1 is 1.19 bits per heavy atom.